The van der Waals surface area contributed by atoms with Gasteiger partial charge in [-0.25, -0.2) is 0 Å². The van der Waals surface area contributed by atoms with Crippen molar-refractivity contribution < 1.29 is 4.79 Å². The van der Waals surface area contributed by atoms with Crippen molar-refractivity contribution in [3.8, 4) is 6.07 Å². The smallest absolute Gasteiger partial charge is 0.253 e. The van der Waals surface area contributed by atoms with E-state index in [-0.39, 0.29) is 11.9 Å². The monoisotopic (exact) mass is 276 g/mol. The van der Waals surface area contributed by atoms with Gasteiger partial charge in [-0.15, -0.1) is 0 Å². The summed E-state index contributed by atoms with van der Waals surface area (Å²) in [5, 5.41) is 8.80. The van der Waals surface area contributed by atoms with Crippen molar-refractivity contribution in [2.24, 2.45) is 0 Å². The second kappa shape index (κ2) is 5.41. The summed E-state index contributed by atoms with van der Waals surface area (Å²) in [5.74, 6) is 0.0114. The topological polar surface area (TPSA) is 44.1 Å². The molecule has 0 bridgehead atoms. The summed E-state index contributed by atoms with van der Waals surface area (Å²) in [6, 6.07) is 17.5. The van der Waals surface area contributed by atoms with Gasteiger partial charge < -0.3 is 4.90 Å². The maximum Gasteiger partial charge on any atom is 0.253 e. The van der Waals surface area contributed by atoms with Crippen LogP contribution in [0.4, 0.5) is 0 Å². The standard InChI is InChI=1S/C18H16N2O/c1-20(17-10-15-4-2-3-5-16(15)11-17)18(21)14-8-6-13(12-19)7-9-14/h2-9,17H,10-11H2,1H3. The molecule has 0 N–H and O–H groups in total. The highest BCUT2D eigenvalue weighted by Crippen LogP contribution is 2.25. The van der Waals surface area contributed by atoms with Crippen molar-refractivity contribution >= 4 is 5.91 Å². The van der Waals surface area contributed by atoms with Crippen LogP contribution in [-0.4, -0.2) is 23.9 Å². The van der Waals surface area contributed by atoms with Crippen molar-refractivity contribution in [3.05, 3.63) is 70.8 Å². The van der Waals surface area contributed by atoms with E-state index in [0.29, 0.717) is 11.1 Å². The van der Waals surface area contributed by atoms with E-state index in [0.717, 1.165) is 12.8 Å². The van der Waals surface area contributed by atoms with E-state index in [2.05, 4.69) is 18.2 Å². The summed E-state index contributed by atoms with van der Waals surface area (Å²) in [7, 11) is 1.86. The molecule has 0 atom stereocenters. The number of nitriles is 1. The van der Waals surface area contributed by atoms with Crippen molar-refractivity contribution in [1.82, 2.24) is 4.90 Å². The fourth-order valence-corrected chi connectivity index (χ4v) is 2.87. The van der Waals surface area contributed by atoms with Gasteiger partial charge in [-0.1, -0.05) is 24.3 Å². The molecule has 2 aromatic rings. The first-order valence-electron chi connectivity index (χ1n) is 7.03. The number of amides is 1. The Bertz CT molecular complexity index is 688. The molecule has 0 aliphatic heterocycles. The van der Waals surface area contributed by atoms with Crippen LogP contribution >= 0.6 is 0 Å². The molecule has 0 saturated heterocycles. The second-order valence-electron chi connectivity index (χ2n) is 5.44. The number of carbonyl (C=O) groups excluding carboxylic acids is 1. The lowest BCUT2D eigenvalue weighted by Gasteiger charge is -2.24. The predicted molar refractivity (Wildman–Crippen MR) is 80.9 cm³/mol. The summed E-state index contributed by atoms with van der Waals surface area (Å²) in [5.41, 5.74) is 3.87. The van der Waals surface area contributed by atoms with Gasteiger partial charge in [0.1, 0.15) is 0 Å². The van der Waals surface area contributed by atoms with E-state index in [1.165, 1.54) is 11.1 Å². The van der Waals surface area contributed by atoms with E-state index >= 15 is 0 Å². The third-order valence-corrected chi connectivity index (χ3v) is 4.16. The molecule has 1 aliphatic carbocycles. The van der Waals surface area contributed by atoms with Gasteiger partial charge in [0, 0.05) is 18.7 Å². The van der Waals surface area contributed by atoms with Gasteiger partial charge in [-0.3, -0.25) is 4.79 Å². The Kier molecular flexibility index (Phi) is 3.45. The quantitative estimate of drug-likeness (QED) is 0.846. The zero-order chi connectivity index (χ0) is 14.8. The molecule has 0 saturated carbocycles. The molecule has 21 heavy (non-hydrogen) atoms. The first kappa shape index (κ1) is 13.4. The largest absolute Gasteiger partial charge is 0.338 e. The molecule has 1 amide bonds. The number of rotatable bonds is 2. The number of nitrogens with zero attached hydrogens (tertiary/aromatic N) is 2. The van der Waals surface area contributed by atoms with Crippen LogP contribution in [0.15, 0.2) is 48.5 Å². The predicted octanol–water partition coefficient (Wildman–Crippen LogP) is 2.80. The fraction of sp³-hybridized carbons (Fsp3) is 0.222. The van der Waals surface area contributed by atoms with Gasteiger partial charge in [0.05, 0.1) is 11.6 Å². The van der Waals surface area contributed by atoms with Crippen LogP contribution in [0.5, 0.6) is 0 Å². The van der Waals surface area contributed by atoms with Crippen LogP contribution in [0.1, 0.15) is 27.0 Å². The highest BCUT2D eigenvalue weighted by atomic mass is 16.2. The summed E-state index contributed by atoms with van der Waals surface area (Å²) in [6.45, 7) is 0. The van der Waals surface area contributed by atoms with Crippen LogP contribution < -0.4 is 0 Å². The number of fused-ring (bicyclic) bond motifs is 1. The van der Waals surface area contributed by atoms with Gasteiger partial charge in [-0.2, -0.15) is 5.26 Å². The average molecular weight is 276 g/mol. The molecule has 1 aliphatic rings. The maximum atomic E-state index is 12.5. The third-order valence-electron chi connectivity index (χ3n) is 4.16. The van der Waals surface area contributed by atoms with Crippen molar-refractivity contribution in [1.29, 1.82) is 5.26 Å². The van der Waals surface area contributed by atoms with Gasteiger partial charge in [0.25, 0.3) is 5.91 Å². The highest BCUT2D eigenvalue weighted by molar-refractivity contribution is 5.94. The molecule has 0 radical (unpaired) electrons. The van der Waals surface area contributed by atoms with Crippen LogP contribution in [0.25, 0.3) is 0 Å². The minimum atomic E-state index is 0.0114. The molecule has 3 heteroatoms. The summed E-state index contributed by atoms with van der Waals surface area (Å²) in [4.78, 5) is 14.3. The normalized spacial score (nSPS) is 13.5. The van der Waals surface area contributed by atoms with E-state index in [1.54, 1.807) is 24.3 Å². The number of carbonyl (C=O) groups is 1. The molecule has 2 aromatic carbocycles. The number of hydrogen-bond donors (Lipinski definition) is 0. The molecule has 0 aromatic heterocycles. The fourth-order valence-electron chi connectivity index (χ4n) is 2.87. The zero-order valence-corrected chi connectivity index (χ0v) is 11.9. The number of hydrogen-bond acceptors (Lipinski definition) is 2. The first-order valence-corrected chi connectivity index (χ1v) is 7.03. The first-order chi connectivity index (χ1) is 10.2. The molecular weight excluding hydrogens is 260 g/mol. The summed E-state index contributed by atoms with van der Waals surface area (Å²) in [6.07, 6.45) is 1.82. The Hall–Kier alpha value is -2.60. The SMILES string of the molecule is CN(C(=O)c1ccc(C#N)cc1)C1Cc2ccccc2C1. The molecular formula is C18H16N2O. The Balaban J connectivity index is 1.75. The average Bonchev–Trinajstić information content (AvgIpc) is 2.97. The van der Waals surface area contributed by atoms with Gasteiger partial charge in [0.2, 0.25) is 0 Å². The third kappa shape index (κ3) is 2.53. The Morgan fingerprint density at radius 2 is 1.67 bits per heavy atom. The van der Waals surface area contributed by atoms with Crippen LogP contribution in [0.2, 0.25) is 0 Å². The molecule has 3 rings (SSSR count). The minimum absolute atomic E-state index is 0.0114. The van der Waals surface area contributed by atoms with Crippen molar-refractivity contribution in [3.63, 3.8) is 0 Å². The van der Waals surface area contributed by atoms with Crippen LogP contribution in [0, 0.1) is 11.3 Å². The number of likely N-dealkylation sites (N-methyl/N-ethyl adjacent to an activating group) is 1. The Labute approximate surface area is 124 Å². The molecule has 104 valence electrons. The van der Waals surface area contributed by atoms with Crippen LogP contribution in [-0.2, 0) is 12.8 Å². The van der Waals surface area contributed by atoms with E-state index in [1.807, 2.05) is 24.1 Å². The van der Waals surface area contributed by atoms with E-state index in [4.69, 9.17) is 5.26 Å². The van der Waals surface area contributed by atoms with Gasteiger partial charge in [0.15, 0.2) is 0 Å². The molecule has 0 heterocycles. The van der Waals surface area contributed by atoms with E-state index in [9.17, 15) is 4.79 Å². The van der Waals surface area contributed by atoms with Gasteiger partial charge >= 0.3 is 0 Å². The molecule has 0 fully saturated rings. The van der Waals surface area contributed by atoms with Gasteiger partial charge in [-0.05, 0) is 48.2 Å². The molecule has 0 unspecified atom stereocenters. The van der Waals surface area contributed by atoms with Crippen molar-refractivity contribution in [2.45, 2.75) is 18.9 Å². The van der Waals surface area contributed by atoms with E-state index < -0.39 is 0 Å². The Morgan fingerprint density at radius 3 is 2.19 bits per heavy atom. The zero-order valence-electron chi connectivity index (χ0n) is 11.9. The summed E-state index contributed by atoms with van der Waals surface area (Å²) >= 11 is 0. The Morgan fingerprint density at radius 1 is 1.10 bits per heavy atom. The lowest BCUT2D eigenvalue weighted by atomic mass is 10.1. The van der Waals surface area contributed by atoms with Crippen LogP contribution in [0.3, 0.4) is 0 Å². The van der Waals surface area contributed by atoms with Crippen molar-refractivity contribution in [2.75, 3.05) is 7.05 Å². The molecule has 0 spiro atoms. The summed E-state index contributed by atoms with van der Waals surface area (Å²) < 4.78 is 0. The highest BCUT2D eigenvalue weighted by Gasteiger charge is 2.27. The molecule has 3 nitrogen and oxygen atoms in total. The maximum absolute atomic E-state index is 12.5. The minimum Gasteiger partial charge on any atom is -0.338 e. The number of benzene rings is 2. The second-order valence-corrected chi connectivity index (χ2v) is 5.44. The lowest BCUT2D eigenvalue weighted by molar-refractivity contribution is 0.0738. The lowest BCUT2D eigenvalue weighted by Crippen LogP contribution is -2.37.